The Bertz CT molecular complexity index is 2830. The van der Waals surface area contributed by atoms with E-state index in [0.717, 1.165) is 72.3 Å². The molecule has 0 bridgehead atoms. The fraction of sp³-hybridized carbons (Fsp3) is 0. The zero-order valence-corrected chi connectivity index (χ0v) is 26.2. The molecule has 0 unspecified atom stereocenters. The number of benzene rings is 6. The molecule has 0 N–H and O–H groups in total. The van der Waals surface area contributed by atoms with Crippen LogP contribution in [0, 0.1) is 0 Å². The molecule has 4 aromatic heterocycles. The normalized spacial score (nSPS) is 11.7. The van der Waals surface area contributed by atoms with Crippen LogP contribution in [0.2, 0.25) is 0 Å². The summed E-state index contributed by atoms with van der Waals surface area (Å²) in [5, 5.41) is 4.38. The number of pyridine rings is 2. The van der Waals surface area contributed by atoms with Crippen LogP contribution in [-0.4, -0.2) is 9.97 Å². The Hall–Kier alpha value is -6.72. The van der Waals surface area contributed by atoms with Gasteiger partial charge in [-0.1, -0.05) is 78.9 Å². The van der Waals surface area contributed by atoms with Crippen molar-refractivity contribution in [2.24, 2.45) is 0 Å². The van der Waals surface area contributed by atoms with Crippen molar-refractivity contribution in [3.8, 4) is 22.3 Å². The fourth-order valence-electron chi connectivity index (χ4n) is 7.12. The van der Waals surface area contributed by atoms with Crippen LogP contribution >= 0.6 is 0 Å². The van der Waals surface area contributed by atoms with Crippen LogP contribution in [0.4, 0.5) is 17.1 Å². The van der Waals surface area contributed by atoms with Gasteiger partial charge in [-0.3, -0.25) is 9.97 Å². The van der Waals surface area contributed by atoms with Gasteiger partial charge in [0, 0.05) is 34.8 Å². The maximum absolute atomic E-state index is 6.16. The second-order valence-corrected chi connectivity index (χ2v) is 12.2. The molecule has 5 heteroatoms. The third kappa shape index (κ3) is 4.48. The van der Waals surface area contributed by atoms with E-state index in [-0.39, 0.29) is 0 Å². The molecule has 0 spiro atoms. The molecule has 0 saturated carbocycles. The average molecular weight is 630 g/mol. The zero-order chi connectivity index (χ0) is 32.3. The zero-order valence-electron chi connectivity index (χ0n) is 26.2. The smallest absolute Gasteiger partial charge is 0.153 e. The Balaban J connectivity index is 1.18. The number of aromatic nitrogens is 2. The second kappa shape index (κ2) is 10.9. The lowest BCUT2D eigenvalue weighted by Crippen LogP contribution is -2.10. The summed E-state index contributed by atoms with van der Waals surface area (Å²) >= 11 is 0. The number of rotatable bonds is 5. The molecule has 0 atom stereocenters. The van der Waals surface area contributed by atoms with Crippen LogP contribution in [-0.2, 0) is 0 Å². The quantitative estimate of drug-likeness (QED) is 0.190. The Kier molecular flexibility index (Phi) is 6.11. The van der Waals surface area contributed by atoms with Gasteiger partial charge in [0.2, 0.25) is 0 Å². The molecular weight excluding hydrogens is 603 g/mol. The van der Waals surface area contributed by atoms with Crippen molar-refractivity contribution in [1.29, 1.82) is 0 Å². The van der Waals surface area contributed by atoms with E-state index >= 15 is 0 Å². The van der Waals surface area contributed by atoms with Gasteiger partial charge < -0.3 is 13.7 Å². The molecule has 0 fully saturated rings. The minimum Gasteiger partial charge on any atom is -0.454 e. The average Bonchev–Trinajstić information content (AvgIpc) is 3.74. The van der Waals surface area contributed by atoms with E-state index in [2.05, 4.69) is 124 Å². The topological polar surface area (TPSA) is 55.3 Å². The van der Waals surface area contributed by atoms with Gasteiger partial charge in [-0.15, -0.1) is 0 Å². The first-order valence-corrected chi connectivity index (χ1v) is 16.3. The number of fused-ring (bicyclic) bond motifs is 7. The summed E-state index contributed by atoms with van der Waals surface area (Å²) in [6.07, 6.45) is 3.63. The predicted molar refractivity (Wildman–Crippen MR) is 200 cm³/mol. The first-order valence-electron chi connectivity index (χ1n) is 16.3. The summed E-state index contributed by atoms with van der Waals surface area (Å²) in [5.74, 6) is 0. The lowest BCUT2D eigenvalue weighted by molar-refractivity contribution is 0.668. The van der Waals surface area contributed by atoms with E-state index < -0.39 is 0 Å². The van der Waals surface area contributed by atoms with Gasteiger partial charge in [-0.2, -0.15) is 0 Å². The molecule has 49 heavy (non-hydrogen) atoms. The molecule has 10 rings (SSSR count). The molecule has 6 aromatic carbocycles. The van der Waals surface area contributed by atoms with Gasteiger partial charge >= 0.3 is 0 Å². The third-order valence-corrected chi connectivity index (χ3v) is 9.35. The minimum atomic E-state index is 0.776. The summed E-state index contributed by atoms with van der Waals surface area (Å²) in [6.45, 7) is 0. The summed E-state index contributed by atoms with van der Waals surface area (Å²) in [6, 6.07) is 52.8. The number of nitrogens with zero attached hydrogens (tertiary/aromatic N) is 3. The van der Waals surface area contributed by atoms with Crippen LogP contribution in [0.15, 0.2) is 173 Å². The third-order valence-electron chi connectivity index (χ3n) is 9.35. The Morgan fingerprint density at radius 3 is 1.96 bits per heavy atom. The van der Waals surface area contributed by atoms with Crippen molar-refractivity contribution in [3.63, 3.8) is 0 Å². The lowest BCUT2D eigenvalue weighted by atomic mass is 9.96. The van der Waals surface area contributed by atoms with Crippen LogP contribution in [0.1, 0.15) is 0 Å². The highest BCUT2D eigenvalue weighted by Gasteiger charge is 2.19. The molecule has 0 radical (unpaired) electrons. The summed E-state index contributed by atoms with van der Waals surface area (Å²) in [4.78, 5) is 11.7. The van der Waals surface area contributed by atoms with Crippen LogP contribution < -0.4 is 4.90 Å². The number of anilines is 3. The van der Waals surface area contributed by atoms with Gasteiger partial charge in [-0.25, -0.2) is 0 Å². The van der Waals surface area contributed by atoms with Gasteiger partial charge in [-0.05, 0) is 106 Å². The number of furan rings is 2. The highest BCUT2D eigenvalue weighted by molar-refractivity contribution is 6.11. The fourth-order valence-corrected chi connectivity index (χ4v) is 7.12. The van der Waals surface area contributed by atoms with Crippen molar-refractivity contribution >= 4 is 72.0 Å². The van der Waals surface area contributed by atoms with Crippen molar-refractivity contribution < 1.29 is 8.83 Å². The number of hydrogen-bond acceptors (Lipinski definition) is 5. The largest absolute Gasteiger partial charge is 0.454 e. The second-order valence-electron chi connectivity index (χ2n) is 12.2. The van der Waals surface area contributed by atoms with E-state index in [1.807, 2.05) is 54.9 Å². The maximum atomic E-state index is 6.16. The van der Waals surface area contributed by atoms with E-state index in [1.54, 1.807) is 0 Å². The van der Waals surface area contributed by atoms with E-state index in [0.29, 0.717) is 0 Å². The van der Waals surface area contributed by atoms with E-state index in [4.69, 9.17) is 8.83 Å². The first kappa shape index (κ1) is 27.4. The summed E-state index contributed by atoms with van der Waals surface area (Å²) in [7, 11) is 0. The minimum absolute atomic E-state index is 0.776. The highest BCUT2D eigenvalue weighted by atomic mass is 16.3. The molecular formula is C44H27N3O2. The molecule has 0 aliphatic carbocycles. The SMILES string of the molecule is c1ccc(-c2cc(N(c3ccc(-c4cccc5oc6cccnc6c45)cc3)c3ccc4oc5cccnc5c4c3)cc3ccccc23)cc1. The molecule has 0 aliphatic heterocycles. The lowest BCUT2D eigenvalue weighted by Gasteiger charge is -2.27. The molecule has 10 aromatic rings. The monoisotopic (exact) mass is 629 g/mol. The Morgan fingerprint density at radius 1 is 0.408 bits per heavy atom. The van der Waals surface area contributed by atoms with Crippen molar-refractivity contribution in [2.45, 2.75) is 0 Å². The van der Waals surface area contributed by atoms with Crippen LogP contribution in [0.3, 0.4) is 0 Å². The Morgan fingerprint density at radius 2 is 1.10 bits per heavy atom. The molecule has 0 saturated heterocycles. The molecule has 5 nitrogen and oxygen atoms in total. The van der Waals surface area contributed by atoms with Crippen LogP contribution in [0.25, 0.3) is 77.2 Å². The highest BCUT2D eigenvalue weighted by Crippen LogP contribution is 2.43. The Labute approximate surface area is 281 Å². The molecule has 0 amide bonds. The summed E-state index contributed by atoms with van der Waals surface area (Å²) < 4.78 is 12.3. The number of hydrogen-bond donors (Lipinski definition) is 0. The molecule has 0 aliphatic rings. The van der Waals surface area contributed by atoms with Crippen LogP contribution in [0.5, 0.6) is 0 Å². The molecule has 4 heterocycles. The van der Waals surface area contributed by atoms with Gasteiger partial charge in [0.1, 0.15) is 22.2 Å². The van der Waals surface area contributed by atoms with Gasteiger partial charge in [0.15, 0.2) is 11.2 Å². The summed E-state index contributed by atoms with van der Waals surface area (Å²) in [5.41, 5.74) is 12.5. The standard InChI is InChI=1S/C44H27N3O2/c1-2-9-28(10-3-1)36-27-33(25-30-11-4-5-12-34(30)36)47(32-21-22-38-37(26-32)43-40(48-38)15-7-23-45-43)31-19-17-29(18-20-31)35-13-6-14-39-42(35)44-41(49-39)16-8-24-46-44/h1-27H. The van der Waals surface area contributed by atoms with Crippen molar-refractivity contribution in [3.05, 3.63) is 164 Å². The maximum Gasteiger partial charge on any atom is 0.153 e. The first-order chi connectivity index (χ1) is 24.3. The molecule has 230 valence electrons. The van der Waals surface area contributed by atoms with Crippen molar-refractivity contribution in [1.82, 2.24) is 9.97 Å². The van der Waals surface area contributed by atoms with Gasteiger partial charge in [0.25, 0.3) is 0 Å². The van der Waals surface area contributed by atoms with Gasteiger partial charge in [0.05, 0.1) is 5.39 Å². The predicted octanol–water partition coefficient (Wildman–Crippen LogP) is 12.2. The van der Waals surface area contributed by atoms with E-state index in [1.165, 1.54) is 21.9 Å². The van der Waals surface area contributed by atoms with Crippen molar-refractivity contribution in [2.75, 3.05) is 4.90 Å². The van der Waals surface area contributed by atoms with E-state index in [9.17, 15) is 0 Å².